The topological polar surface area (TPSA) is 107 Å². The van der Waals surface area contributed by atoms with Crippen LogP contribution in [0.4, 0.5) is 30.6 Å². The number of nitrogen functional groups attached to an aromatic ring is 1. The standard InChI is InChI=1S/C6H6F3N5O2/c7-6(8,9)2-12-4-3(14(15)16)1-11-5(10)13-4/h1H,2H2,(H3,10,11,12,13). The molecule has 16 heavy (non-hydrogen) atoms. The van der Waals surface area contributed by atoms with E-state index in [2.05, 4.69) is 9.97 Å². The van der Waals surface area contributed by atoms with Crippen molar-refractivity contribution in [2.24, 2.45) is 0 Å². The molecular formula is C6H6F3N5O2. The van der Waals surface area contributed by atoms with E-state index >= 15 is 0 Å². The SMILES string of the molecule is Nc1ncc([N+](=O)[O-])c(NCC(F)(F)F)n1. The van der Waals surface area contributed by atoms with E-state index < -0.39 is 29.1 Å². The molecule has 0 aromatic carbocycles. The van der Waals surface area contributed by atoms with Gasteiger partial charge >= 0.3 is 11.9 Å². The summed E-state index contributed by atoms with van der Waals surface area (Å²) in [7, 11) is 0. The van der Waals surface area contributed by atoms with Crippen molar-refractivity contribution in [1.29, 1.82) is 0 Å². The molecule has 0 unspecified atom stereocenters. The normalized spacial score (nSPS) is 11.2. The Hall–Kier alpha value is -2.13. The van der Waals surface area contributed by atoms with Gasteiger partial charge in [0.05, 0.1) is 4.92 Å². The smallest absolute Gasteiger partial charge is 0.368 e. The molecule has 0 fully saturated rings. The number of aromatic nitrogens is 2. The van der Waals surface area contributed by atoms with Gasteiger partial charge in [0.25, 0.3) is 0 Å². The molecule has 3 N–H and O–H groups in total. The minimum absolute atomic E-state index is 0.352. The third-order valence-electron chi connectivity index (χ3n) is 1.44. The summed E-state index contributed by atoms with van der Waals surface area (Å²) in [5, 5.41) is 12.2. The van der Waals surface area contributed by atoms with E-state index in [9.17, 15) is 23.3 Å². The molecule has 1 rings (SSSR count). The Bertz CT molecular complexity index is 408. The summed E-state index contributed by atoms with van der Waals surface area (Å²) in [4.78, 5) is 16.1. The summed E-state index contributed by atoms with van der Waals surface area (Å²) in [6.07, 6.45) is -3.77. The predicted octanol–water partition coefficient (Wildman–Crippen LogP) is 0.941. The molecule has 0 aliphatic heterocycles. The van der Waals surface area contributed by atoms with Gasteiger partial charge in [0.2, 0.25) is 11.8 Å². The largest absolute Gasteiger partial charge is 0.405 e. The molecule has 1 heterocycles. The minimum Gasteiger partial charge on any atom is -0.368 e. The van der Waals surface area contributed by atoms with Gasteiger partial charge in [0.1, 0.15) is 12.7 Å². The zero-order chi connectivity index (χ0) is 12.3. The highest BCUT2D eigenvalue weighted by Crippen LogP contribution is 2.23. The molecule has 0 spiro atoms. The second-order valence-electron chi connectivity index (χ2n) is 2.69. The zero-order valence-corrected chi connectivity index (χ0v) is 7.65. The van der Waals surface area contributed by atoms with Crippen LogP contribution >= 0.6 is 0 Å². The summed E-state index contributed by atoms with van der Waals surface area (Å²) in [5.74, 6) is -0.912. The summed E-state index contributed by atoms with van der Waals surface area (Å²) < 4.78 is 35.6. The predicted molar refractivity (Wildman–Crippen MR) is 47.6 cm³/mol. The van der Waals surface area contributed by atoms with Gasteiger partial charge in [-0.05, 0) is 0 Å². The number of hydrogen-bond acceptors (Lipinski definition) is 6. The molecule has 0 aliphatic rings. The lowest BCUT2D eigenvalue weighted by Gasteiger charge is -2.08. The van der Waals surface area contributed by atoms with E-state index in [0.717, 1.165) is 6.20 Å². The fraction of sp³-hybridized carbons (Fsp3) is 0.333. The van der Waals surface area contributed by atoms with Gasteiger partial charge in [-0.1, -0.05) is 0 Å². The third-order valence-corrected chi connectivity index (χ3v) is 1.44. The highest BCUT2D eigenvalue weighted by molar-refractivity contribution is 5.56. The van der Waals surface area contributed by atoms with Crippen molar-refractivity contribution in [3.05, 3.63) is 16.3 Å². The van der Waals surface area contributed by atoms with Crippen molar-refractivity contribution in [1.82, 2.24) is 9.97 Å². The lowest BCUT2D eigenvalue weighted by Crippen LogP contribution is -2.22. The Morgan fingerprint density at radius 3 is 2.69 bits per heavy atom. The van der Waals surface area contributed by atoms with Crippen LogP contribution in [0, 0.1) is 10.1 Å². The molecule has 0 aliphatic carbocycles. The molecular weight excluding hydrogens is 231 g/mol. The first-order chi connectivity index (χ1) is 7.29. The van der Waals surface area contributed by atoms with Gasteiger partial charge in [-0.15, -0.1) is 0 Å². The maximum atomic E-state index is 11.9. The number of nitrogens with zero attached hydrogens (tertiary/aromatic N) is 3. The van der Waals surface area contributed by atoms with Crippen LogP contribution in [0.2, 0.25) is 0 Å². The molecule has 0 radical (unpaired) electrons. The average molecular weight is 237 g/mol. The summed E-state index contributed by atoms with van der Waals surface area (Å²) in [6, 6.07) is 0. The zero-order valence-electron chi connectivity index (χ0n) is 7.65. The van der Waals surface area contributed by atoms with Crippen molar-refractivity contribution < 1.29 is 18.1 Å². The van der Waals surface area contributed by atoms with E-state index in [0.29, 0.717) is 0 Å². The molecule has 7 nitrogen and oxygen atoms in total. The van der Waals surface area contributed by atoms with Crippen molar-refractivity contribution >= 4 is 17.5 Å². The van der Waals surface area contributed by atoms with E-state index in [1.54, 1.807) is 5.32 Å². The first-order valence-electron chi connectivity index (χ1n) is 3.87. The van der Waals surface area contributed by atoms with Gasteiger partial charge in [0.15, 0.2) is 0 Å². The van der Waals surface area contributed by atoms with Crippen LogP contribution in [0.5, 0.6) is 0 Å². The minimum atomic E-state index is -4.51. The number of anilines is 2. The maximum Gasteiger partial charge on any atom is 0.405 e. The monoisotopic (exact) mass is 237 g/mol. The second kappa shape index (κ2) is 4.16. The molecule has 0 bridgehead atoms. The molecule has 10 heteroatoms. The maximum absolute atomic E-state index is 11.9. The fourth-order valence-corrected chi connectivity index (χ4v) is 0.837. The van der Waals surface area contributed by atoms with Gasteiger partial charge in [-0.3, -0.25) is 10.1 Å². The Balaban J connectivity index is 2.93. The number of alkyl halides is 3. The molecule has 0 saturated heterocycles. The molecule has 1 aromatic rings. The van der Waals surface area contributed by atoms with Crippen LogP contribution in [-0.4, -0.2) is 27.6 Å². The number of halogens is 3. The molecule has 0 amide bonds. The highest BCUT2D eigenvalue weighted by atomic mass is 19.4. The Morgan fingerprint density at radius 2 is 2.19 bits per heavy atom. The molecule has 88 valence electrons. The van der Waals surface area contributed by atoms with E-state index in [1.165, 1.54) is 0 Å². The van der Waals surface area contributed by atoms with Crippen LogP contribution in [-0.2, 0) is 0 Å². The number of hydrogen-bond donors (Lipinski definition) is 2. The third kappa shape index (κ3) is 3.22. The van der Waals surface area contributed by atoms with Crippen LogP contribution in [0.1, 0.15) is 0 Å². The first kappa shape index (κ1) is 11.9. The van der Waals surface area contributed by atoms with E-state index in [4.69, 9.17) is 5.73 Å². The summed E-state index contributed by atoms with van der Waals surface area (Å²) in [5.41, 5.74) is 4.43. The van der Waals surface area contributed by atoms with Gasteiger partial charge < -0.3 is 11.1 Å². The number of nitro groups is 1. The Labute approximate surface area is 86.6 Å². The summed E-state index contributed by atoms with van der Waals surface area (Å²) >= 11 is 0. The second-order valence-corrected chi connectivity index (χ2v) is 2.69. The van der Waals surface area contributed by atoms with Crippen molar-refractivity contribution in [3.63, 3.8) is 0 Å². The Kier molecular flexibility index (Phi) is 3.11. The van der Waals surface area contributed by atoms with Gasteiger partial charge in [-0.2, -0.15) is 18.2 Å². The number of rotatable bonds is 3. The fourth-order valence-electron chi connectivity index (χ4n) is 0.837. The molecule has 0 saturated carbocycles. The van der Waals surface area contributed by atoms with Crippen LogP contribution in [0.3, 0.4) is 0 Å². The van der Waals surface area contributed by atoms with Crippen LogP contribution < -0.4 is 11.1 Å². The lowest BCUT2D eigenvalue weighted by atomic mass is 10.4. The number of nitrogens with two attached hydrogens (primary N) is 1. The van der Waals surface area contributed by atoms with Crippen LogP contribution in [0.15, 0.2) is 6.20 Å². The van der Waals surface area contributed by atoms with E-state index in [1.807, 2.05) is 0 Å². The molecule has 0 atom stereocenters. The van der Waals surface area contributed by atoms with Crippen molar-refractivity contribution in [3.8, 4) is 0 Å². The summed E-state index contributed by atoms with van der Waals surface area (Å²) in [6.45, 7) is -1.44. The van der Waals surface area contributed by atoms with E-state index in [-0.39, 0.29) is 5.95 Å². The average Bonchev–Trinajstić information content (AvgIpc) is 2.13. The first-order valence-corrected chi connectivity index (χ1v) is 3.87. The van der Waals surface area contributed by atoms with Crippen LogP contribution in [0.25, 0.3) is 0 Å². The Morgan fingerprint density at radius 1 is 1.56 bits per heavy atom. The quantitative estimate of drug-likeness (QED) is 0.598. The van der Waals surface area contributed by atoms with Gasteiger partial charge in [-0.25, -0.2) is 4.98 Å². The van der Waals surface area contributed by atoms with Crippen molar-refractivity contribution in [2.45, 2.75) is 6.18 Å². The lowest BCUT2D eigenvalue weighted by molar-refractivity contribution is -0.384. The van der Waals surface area contributed by atoms with Crippen molar-refractivity contribution in [2.75, 3.05) is 17.6 Å². The number of nitrogens with one attached hydrogen (secondary N) is 1. The molecule has 1 aromatic heterocycles. The highest BCUT2D eigenvalue weighted by Gasteiger charge is 2.28. The van der Waals surface area contributed by atoms with Gasteiger partial charge in [0, 0.05) is 0 Å².